The van der Waals surface area contributed by atoms with Crippen LogP contribution in [0.25, 0.3) is 0 Å². The third-order valence-electron chi connectivity index (χ3n) is 8.25. The molecular formula is C29H37N3O4S. The van der Waals surface area contributed by atoms with E-state index in [9.17, 15) is 19.5 Å². The fraction of sp³-hybridized carbons (Fsp3) is 0.552. The van der Waals surface area contributed by atoms with Crippen LogP contribution < -0.4 is 4.90 Å². The molecule has 0 radical (unpaired) electrons. The first-order chi connectivity index (χ1) is 17.9. The molecular weight excluding hydrogens is 486 g/mol. The summed E-state index contributed by atoms with van der Waals surface area (Å²) < 4.78 is -0.802. The van der Waals surface area contributed by atoms with Crippen molar-refractivity contribution in [3.8, 4) is 0 Å². The van der Waals surface area contributed by atoms with E-state index in [1.165, 1.54) is 0 Å². The van der Waals surface area contributed by atoms with Gasteiger partial charge in [-0.2, -0.15) is 0 Å². The van der Waals surface area contributed by atoms with Crippen LogP contribution in [-0.4, -0.2) is 81.5 Å². The largest absolute Gasteiger partial charge is 0.396 e. The highest BCUT2D eigenvalue weighted by molar-refractivity contribution is 8.02. The molecule has 1 N–H and O–H groups in total. The smallest absolute Gasteiger partial charge is 0.251 e. The van der Waals surface area contributed by atoms with E-state index in [0.29, 0.717) is 39.0 Å². The molecule has 1 unspecified atom stereocenters. The van der Waals surface area contributed by atoms with Gasteiger partial charge < -0.3 is 19.8 Å². The Morgan fingerprint density at radius 3 is 2.46 bits per heavy atom. The summed E-state index contributed by atoms with van der Waals surface area (Å²) in [7, 11) is 0. The number of aliphatic hydroxyl groups is 1. The SMILES string of the molecule is CCCN1CC=C[C@@H]2S[C@]34C=CCN(c5c(C)cccc5C)C(=O)C3N(CCCCO)C(=O)[C@@H]4[C@@H]2C1=O. The van der Waals surface area contributed by atoms with Gasteiger partial charge in [0.05, 0.1) is 16.6 Å². The monoisotopic (exact) mass is 523 g/mol. The maximum Gasteiger partial charge on any atom is 0.251 e. The van der Waals surface area contributed by atoms with Gasteiger partial charge in [0, 0.05) is 43.7 Å². The van der Waals surface area contributed by atoms with Crippen molar-refractivity contribution in [2.24, 2.45) is 11.8 Å². The standard InChI is InChI=1S/C29H37N3O4S/c1-4-14-30-15-8-12-21-22(26(30)34)23-27(35)32(16-5-6-18-33)25-28(36)31(17-9-13-29(23,25)37-21)24-19(2)10-7-11-20(24)3/h7-13,21-23,25,33H,4-6,14-18H2,1-3H3/t21-,22+,23-,25?,29-/m0/s1. The fourth-order valence-electron chi connectivity index (χ4n) is 6.73. The van der Waals surface area contributed by atoms with Gasteiger partial charge in [0.1, 0.15) is 6.04 Å². The number of likely N-dealkylation sites (tertiary alicyclic amines) is 1. The molecule has 2 fully saturated rings. The summed E-state index contributed by atoms with van der Waals surface area (Å²) in [6, 6.07) is 5.31. The number of amides is 3. The highest BCUT2D eigenvalue weighted by atomic mass is 32.2. The zero-order valence-corrected chi connectivity index (χ0v) is 22.7. The number of aliphatic hydroxyl groups excluding tert-OH is 1. The summed E-state index contributed by atoms with van der Waals surface area (Å²) >= 11 is 1.62. The minimum atomic E-state index is -0.802. The Labute approximate surface area is 223 Å². The number of thioether (sulfide) groups is 1. The summed E-state index contributed by atoms with van der Waals surface area (Å²) in [4.78, 5) is 48.0. The number of fused-ring (bicyclic) bond motifs is 2. The lowest BCUT2D eigenvalue weighted by Crippen LogP contribution is -2.53. The van der Waals surface area contributed by atoms with Gasteiger partial charge in [-0.3, -0.25) is 14.4 Å². The second kappa shape index (κ2) is 10.3. The van der Waals surface area contributed by atoms with Crippen molar-refractivity contribution in [1.29, 1.82) is 0 Å². The Kier molecular flexibility index (Phi) is 7.24. The minimum absolute atomic E-state index is 0.0206. The third-order valence-corrected chi connectivity index (χ3v) is 10.00. The minimum Gasteiger partial charge on any atom is -0.396 e. The normalized spacial score (nSPS) is 30.9. The second-order valence-electron chi connectivity index (χ2n) is 10.6. The summed E-state index contributed by atoms with van der Waals surface area (Å²) in [6.07, 6.45) is 10.3. The first-order valence-corrected chi connectivity index (χ1v) is 14.3. The Morgan fingerprint density at radius 1 is 1.00 bits per heavy atom. The molecule has 3 amide bonds. The topological polar surface area (TPSA) is 81.2 Å². The fourth-order valence-corrected chi connectivity index (χ4v) is 8.73. The molecule has 0 aliphatic carbocycles. The van der Waals surface area contributed by atoms with Gasteiger partial charge in [-0.25, -0.2) is 0 Å². The molecule has 37 heavy (non-hydrogen) atoms. The van der Waals surface area contributed by atoms with E-state index in [0.717, 1.165) is 23.2 Å². The van der Waals surface area contributed by atoms with Crippen LogP contribution in [0.15, 0.2) is 42.5 Å². The first kappa shape index (κ1) is 26.0. The predicted octanol–water partition coefficient (Wildman–Crippen LogP) is 3.08. The molecule has 1 spiro atoms. The van der Waals surface area contributed by atoms with Crippen molar-refractivity contribution >= 4 is 35.2 Å². The molecule has 5 rings (SSSR count). The van der Waals surface area contributed by atoms with Crippen molar-refractivity contribution in [3.63, 3.8) is 0 Å². The maximum atomic E-state index is 14.5. The zero-order valence-electron chi connectivity index (χ0n) is 21.9. The summed E-state index contributed by atoms with van der Waals surface area (Å²) in [5, 5.41) is 9.25. The highest BCUT2D eigenvalue weighted by Gasteiger charge is 2.71. The van der Waals surface area contributed by atoms with Crippen LogP contribution in [0.1, 0.15) is 37.3 Å². The van der Waals surface area contributed by atoms with Gasteiger partial charge >= 0.3 is 0 Å². The predicted molar refractivity (Wildman–Crippen MR) is 146 cm³/mol. The molecule has 8 heteroatoms. The van der Waals surface area contributed by atoms with Crippen molar-refractivity contribution in [2.75, 3.05) is 37.7 Å². The van der Waals surface area contributed by atoms with Crippen molar-refractivity contribution < 1.29 is 19.5 Å². The molecule has 0 bridgehead atoms. The number of anilines is 1. The number of para-hydroxylation sites is 1. The van der Waals surface area contributed by atoms with E-state index in [1.54, 1.807) is 16.7 Å². The van der Waals surface area contributed by atoms with Crippen LogP contribution in [-0.2, 0) is 14.4 Å². The van der Waals surface area contributed by atoms with Crippen LogP contribution in [0, 0.1) is 25.7 Å². The maximum absolute atomic E-state index is 14.5. The molecule has 1 aromatic carbocycles. The number of unbranched alkanes of at least 4 members (excludes halogenated alkanes) is 1. The van der Waals surface area contributed by atoms with Crippen LogP contribution in [0.2, 0.25) is 0 Å². The molecule has 5 atom stereocenters. The molecule has 4 heterocycles. The molecule has 4 aliphatic heterocycles. The van der Waals surface area contributed by atoms with Crippen molar-refractivity contribution in [3.05, 3.63) is 53.6 Å². The number of hydrogen-bond acceptors (Lipinski definition) is 5. The van der Waals surface area contributed by atoms with E-state index >= 15 is 0 Å². The van der Waals surface area contributed by atoms with Gasteiger partial charge in [0.2, 0.25) is 11.8 Å². The number of benzene rings is 1. The molecule has 0 aromatic heterocycles. The molecule has 7 nitrogen and oxygen atoms in total. The molecule has 4 aliphatic rings. The number of hydrogen-bond donors (Lipinski definition) is 1. The van der Waals surface area contributed by atoms with E-state index in [4.69, 9.17) is 0 Å². The number of aryl methyl sites for hydroxylation is 2. The molecule has 2 saturated heterocycles. The summed E-state index contributed by atoms with van der Waals surface area (Å²) in [5.74, 6) is -1.25. The van der Waals surface area contributed by atoms with Gasteiger partial charge in [0.15, 0.2) is 0 Å². The first-order valence-electron chi connectivity index (χ1n) is 13.5. The number of carbonyl (C=O) groups excluding carboxylic acids is 3. The lowest BCUT2D eigenvalue weighted by Gasteiger charge is -2.36. The number of carbonyl (C=O) groups is 3. The Morgan fingerprint density at radius 2 is 1.76 bits per heavy atom. The second-order valence-corrected chi connectivity index (χ2v) is 12.1. The molecule has 198 valence electrons. The quantitative estimate of drug-likeness (QED) is 0.439. The van der Waals surface area contributed by atoms with Crippen LogP contribution >= 0.6 is 11.8 Å². The third kappa shape index (κ3) is 4.13. The van der Waals surface area contributed by atoms with Crippen LogP contribution in [0.5, 0.6) is 0 Å². The van der Waals surface area contributed by atoms with Crippen LogP contribution in [0.3, 0.4) is 0 Å². The van der Waals surface area contributed by atoms with E-state index in [2.05, 4.69) is 19.1 Å². The number of nitrogens with zero attached hydrogens (tertiary/aromatic N) is 3. The summed E-state index contributed by atoms with van der Waals surface area (Å²) in [6.45, 7) is 8.15. The summed E-state index contributed by atoms with van der Waals surface area (Å²) in [5.41, 5.74) is 2.92. The van der Waals surface area contributed by atoms with Crippen LogP contribution in [0.4, 0.5) is 5.69 Å². The van der Waals surface area contributed by atoms with E-state index in [1.807, 2.05) is 54.0 Å². The van der Waals surface area contributed by atoms with Gasteiger partial charge in [-0.1, -0.05) is 49.4 Å². The lowest BCUT2D eigenvalue weighted by atomic mass is 9.78. The van der Waals surface area contributed by atoms with E-state index in [-0.39, 0.29) is 29.6 Å². The van der Waals surface area contributed by atoms with Crippen molar-refractivity contribution in [1.82, 2.24) is 9.80 Å². The Balaban J connectivity index is 1.60. The average molecular weight is 524 g/mol. The number of rotatable bonds is 7. The van der Waals surface area contributed by atoms with E-state index < -0.39 is 22.6 Å². The average Bonchev–Trinajstić information content (AvgIpc) is 3.18. The van der Waals surface area contributed by atoms with Gasteiger partial charge in [-0.15, -0.1) is 11.8 Å². The Bertz CT molecular complexity index is 1130. The Hall–Kier alpha value is -2.58. The zero-order chi connectivity index (χ0) is 26.3. The lowest BCUT2D eigenvalue weighted by molar-refractivity contribution is -0.142. The van der Waals surface area contributed by atoms with Crippen molar-refractivity contribution in [2.45, 2.75) is 56.1 Å². The van der Waals surface area contributed by atoms with Gasteiger partial charge in [-0.05, 0) is 44.2 Å². The van der Waals surface area contributed by atoms with Gasteiger partial charge in [0.25, 0.3) is 5.91 Å². The highest BCUT2D eigenvalue weighted by Crippen LogP contribution is 2.61. The molecule has 1 aromatic rings. The molecule has 0 saturated carbocycles.